The van der Waals surface area contributed by atoms with E-state index in [1.54, 1.807) is 33.8 Å². The van der Waals surface area contributed by atoms with Crippen LogP contribution in [0.1, 0.15) is 16.9 Å². The number of rotatable bonds is 4. The number of likely N-dealkylation sites (tertiary alicyclic amines) is 1. The van der Waals surface area contributed by atoms with Crippen molar-refractivity contribution in [2.45, 2.75) is 19.1 Å². The lowest BCUT2D eigenvalue weighted by Crippen LogP contribution is -2.29. The van der Waals surface area contributed by atoms with Gasteiger partial charge in [-0.2, -0.15) is 0 Å². The summed E-state index contributed by atoms with van der Waals surface area (Å²) in [6.45, 7) is 4.75. The molecule has 1 aromatic carbocycles. The second-order valence-corrected chi connectivity index (χ2v) is 7.16. The third-order valence-electron chi connectivity index (χ3n) is 4.85. The van der Waals surface area contributed by atoms with Crippen LogP contribution < -0.4 is 5.56 Å². The summed E-state index contributed by atoms with van der Waals surface area (Å²) >= 11 is 6.34. The van der Waals surface area contributed by atoms with Gasteiger partial charge in [0.1, 0.15) is 5.69 Å². The first-order chi connectivity index (χ1) is 13.5. The van der Waals surface area contributed by atoms with E-state index in [0.717, 1.165) is 0 Å². The van der Waals surface area contributed by atoms with E-state index in [1.165, 1.54) is 4.57 Å². The predicted octanol–water partition coefficient (Wildman–Crippen LogP) is 2.21. The summed E-state index contributed by atoms with van der Waals surface area (Å²) in [5.41, 5.74) is 1.30. The van der Waals surface area contributed by atoms with E-state index in [-0.39, 0.29) is 35.9 Å². The Labute approximate surface area is 166 Å². The monoisotopic (exact) mass is 398 g/mol. The first-order valence-electron chi connectivity index (χ1n) is 8.95. The molecule has 7 nitrogen and oxygen atoms in total. The maximum absolute atomic E-state index is 13.1. The Bertz CT molecular complexity index is 1130. The lowest BCUT2D eigenvalue weighted by molar-refractivity contribution is 0.0760. The van der Waals surface area contributed by atoms with Crippen molar-refractivity contribution >= 4 is 23.2 Å². The molecule has 0 radical (unpaired) electrons. The number of halogens is 1. The number of aliphatic hydroxyl groups excluding tert-OH is 1. The quantitative estimate of drug-likeness (QED) is 0.683. The van der Waals surface area contributed by atoms with Gasteiger partial charge in [0, 0.05) is 42.6 Å². The molecule has 1 aliphatic rings. The minimum absolute atomic E-state index is 0.153. The Hall–Kier alpha value is -2.90. The number of hydrogen-bond acceptors (Lipinski definition) is 4. The summed E-state index contributed by atoms with van der Waals surface area (Å²) in [6.07, 6.45) is 4.94. The number of hydrogen-bond donors (Lipinski definition) is 1. The van der Waals surface area contributed by atoms with Crippen molar-refractivity contribution in [3.63, 3.8) is 0 Å². The molecule has 1 saturated heterocycles. The van der Waals surface area contributed by atoms with Gasteiger partial charge in [0.05, 0.1) is 11.8 Å². The fourth-order valence-electron chi connectivity index (χ4n) is 3.47. The van der Waals surface area contributed by atoms with Crippen molar-refractivity contribution in [1.29, 1.82) is 0 Å². The van der Waals surface area contributed by atoms with Gasteiger partial charge in [-0.05, 0) is 12.5 Å². The first kappa shape index (κ1) is 18.5. The molecule has 1 aliphatic heterocycles. The van der Waals surface area contributed by atoms with Gasteiger partial charge in [0.25, 0.3) is 11.5 Å². The Balaban J connectivity index is 1.86. The third-order valence-corrected chi connectivity index (χ3v) is 5.18. The lowest BCUT2D eigenvalue weighted by atomic mass is 10.1. The molecular formula is C20H19ClN4O3. The topological polar surface area (TPSA) is 79.8 Å². The van der Waals surface area contributed by atoms with Gasteiger partial charge in [-0.15, -0.1) is 6.58 Å². The molecular weight excluding hydrogens is 380 g/mol. The normalized spacial score (nSPS) is 16.6. The largest absolute Gasteiger partial charge is 0.391 e. The number of carbonyl (C=O) groups excluding carboxylic acids is 1. The number of β-amino-alcohol motifs (C(OH)–C–C–N with tert-alkyl or cyclic N) is 1. The van der Waals surface area contributed by atoms with Crippen LogP contribution in [0.25, 0.3) is 16.9 Å². The van der Waals surface area contributed by atoms with Gasteiger partial charge < -0.3 is 10.0 Å². The molecule has 1 N–H and O–H groups in total. The highest BCUT2D eigenvalue weighted by molar-refractivity contribution is 6.33. The second kappa shape index (κ2) is 7.26. The zero-order valence-corrected chi connectivity index (χ0v) is 15.8. The zero-order valence-electron chi connectivity index (χ0n) is 15.1. The SMILES string of the molecule is C=CCn1c(-c2ccccc2Cl)cn2cc(C(=O)N3CC[C@H](O)C3)nc2c1=O. The number of aromatic nitrogens is 3. The van der Waals surface area contributed by atoms with Crippen LogP contribution in [0, 0.1) is 0 Å². The second-order valence-electron chi connectivity index (χ2n) is 6.75. The number of allylic oxidation sites excluding steroid dienone is 1. The highest BCUT2D eigenvalue weighted by Crippen LogP contribution is 2.27. The van der Waals surface area contributed by atoms with Gasteiger partial charge in [0.2, 0.25) is 5.65 Å². The van der Waals surface area contributed by atoms with Crippen molar-refractivity contribution in [3.8, 4) is 11.3 Å². The molecule has 1 fully saturated rings. The number of amides is 1. The summed E-state index contributed by atoms with van der Waals surface area (Å²) in [5.74, 6) is -0.297. The number of fused-ring (bicyclic) bond motifs is 1. The highest BCUT2D eigenvalue weighted by atomic mass is 35.5. The summed E-state index contributed by atoms with van der Waals surface area (Å²) in [4.78, 5) is 31.6. The standard InChI is InChI=1S/C20H19ClN4O3/c1-2-8-25-17(14-5-3-4-6-15(14)21)12-24-11-16(22-18(24)20(25)28)19(27)23-9-7-13(26)10-23/h2-6,11-13,26H,1,7-10H2/t13-/m0/s1. The Morgan fingerprint density at radius 1 is 1.36 bits per heavy atom. The third kappa shape index (κ3) is 3.12. The van der Waals surface area contributed by atoms with Crippen molar-refractivity contribution in [1.82, 2.24) is 18.9 Å². The van der Waals surface area contributed by atoms with Crippen LogP contribution in [0.5, 0.6) is 0 Å². The van der Waals surface area contributed by atoms with E-state index in [9.17, 15) is 14.7 Å². The predicted molar refractivity (Wildman–Crippen MR) is 107 cm³/mol. The van der Waals surface area contributed by atoms with Crippen molar-refractivity contribution in [2.24, 2.45) is 0 Å². The van der Waals surface area contributed by atoms with E-state index >= 15 is 0 Å². The molecule has 4 rings (SSSR count). The van der Waals surface area contributed by atoms with Crippen LogP contribution >= 0.6 is 11.6 Å². The van der Waals surface area contributed by atoms with E-state index in [0.29, 0.717) is 29.2 Å². The summed E-state index contributed by atoms with van der Waals surface area (Å²) in [6, 6.07) is 7.25. The van der Waals surface area contributed by atoms with Gasteiger partial charge in [-0.1, -0.05) is 35.9 Å². The minimum atomic E-state index is -0.516. The van der Waals surface area contributed by atoms with E-state index in [4.69, 9.17) is 11.6 Å². The molecule has 0 aliphatic carbocycles. The van der Waals surface area contributed by atoms with E-state index in [1.807, 2.05) is 18.2 Å². The zero-order chi connectivity index (χ0) is 19.8. The molecule has 3 aromatic rings. The number of carbonyl (C=O) groups is 1. The molecule has 0 spiro atoms. The van der Waals surface area contributed by atoms with Gasteiger partial charge >= 0.3 is 0 Å². The van der Waals surface area contributed by atoms with Gasteiger partial charge in [0.15, 0.2) is 0 Å². The maximum atomic E-state index is 13.1. The number of benzene rings is 1. The van der Waals surface area contributed by atoms with Crippen LogP contribution in [0.2, 0.25) is 5.02 Å². The molecule has 0 unspecified atom stereocenters. The van der Waals surface area contributed by atoms with Gasteiger partial charge in [-0.25, -0.2) is 4.98 Å². The average Bonchev–Trinajstić information content (AvgIpc) is 3.30. The van der Waals surface area contributed by atoms with Crippen LogP contribution in [0.3, 0.4) is 0 Å². The first-order valence-corrected chi connectivity index (χ1v) is 9.33. The number of nitrogens with zero attached hydrogens (tertiary/aromatic N) is 4. The molecule has 144 valence electrons. The highest BCUT2D eigenvalue weighted by Gasteiger charge is 2.27. The minimum Gasteiger partial charge on any atom is -0.391 e. The van der Waals surface area contributed by atoms with Crippen LogP contribution in [0.15, 0.2) is 54.1 Å². The molecule has 0 bridgehead atoms. The number of imidazole rings is 1. The van der Waals surface area contributed by atoms with Crippen molar-refractivity contribution < 1.29 is 9.90 Å². The molecule has 1 amide bonds. The fraction of sp³-hybridized carbons (Fsp3) is 0.250. The smallest absolute Gasteiger partial charge is 0.295 e. The Morgan fingerprint density at radius 2 is 2.14 bits per heavy atom. The molecule has 8 heteroatoms. The molecule has 2 aromatic heterocycles. The van der Waals surface area contributed by atoms with Gasteiger partial charge in [-0.3, -0.25) is 18.6 Å². The van der Waals surface area contributed by atoms with Crippen molar-refractivity contribution in [3.05, 3.63) is 70.4 Å². The fourth-order valence-corrected chi connectivity index (χ4v) is 3.70. The van der Waals surface area contributed by atoms with Crippen molar-refractivity contribution in [2.75, 3.05) is 13.1 Å². The lowest BCUT2D eigenvalue weighted by Gasteiger charge is -2.13. The van der Waals surface area contributed by atoms with Crippen LogP contribution in [-0.4, -0.2) is 49.1 Å². The summed E-state index contributed by atoms with van der Waals surface area (Å²) in [7, 11) is 0. The molecule has 0 saturated carbocycles. The van der Waals surface area contributed by atoms with E-state index < -0.39 is 6.10 Å². The Morgan fingerprint density at radius 3 is 2.82 bits per heavy atom. The molecule has 3 heterocycles. The molecule has 1 atom stereocenters. The summed E-state index contributed by atoms with van der Waals surface area (Å²) < 4.78 is 3.09. The van der Waals surface area contributed by atoms with Crippen LogP contribution in [-0.2, 0) is 6.54 Å². The van der Waals surface area contributed by atoms with E-state index in [2.05, 4.69) is 11.6 Å². The molecule has 28 heavy (non-hydrogen) atoms. The number of aliphatic hydroxyl groups is 1. The summed E-state index contributed by atoms with van der Waals surface area (Å²) in [5, 5.41) is 10.2. The maximum Gasteiger partial charge on any atom is 0.295 e. The average molecular weight is 399 g/mol. The van der Waals surface area contributed by atoms with Crippen LogP contribution in [0.4, 0.5) is 0 Å². The Kier molecular flexibility index (Phi) is 4.78.